The molecule has 1 atom stereocenters. The number of hydrogen-bond donors (Lipinski definition) is 3. The minimum absolute atomic E-state index is 0.232. The van der Waals surface area contributed by atoms with Gasteiger partial charge in [0.2, 0.25) is 5.82 Å². The molecule has 2 aromatic rings. The normalized spacial score (nSPS) is 19.2. The van der Waals surface area contributed by atoms with Crippen LogP contribution in [0.2, 0.25) is 0 Å². The van der Waals surface area contributed by atoms with Gasteiger partial charge in [-0.3, -0.25) is 0 Å². The van der Waals surface area contributed by atoms with Gasteiger partial charge in [-0.1, -0.05) is 5.21 Å². The Kier molecular flexibility index (Phi) is 1.81. The van der Waals surface area contributed by atoms with Gasteiger partial charge >= 0.3 is 5.95 Å². The summed E-state index contributed by atoms with van der Waals surface area (Å²) in [6, 6.07) is -0.332. The number of nitrogens with zero attached hydrogens (tertiary/aromatic N) is 9. The first kappa shape index (κ1) is 8.51. The Morgan fingerprint density at radius 1 is 1.12 bits per heavy atom. The lowest BCUT2D eigenvalue weighted by molar-refractivity contribution is -0.534. The summed E-state index contributed by atoms with van der Waals surface area (Å²) in [6.45, 7) is 0. The Balaban J connectivity index is 1.79. The van der Waals surface area contributed by atoms with Crippen molar-refractivity contribution < 1.29 is 4.81 Å². The molecule has 3 heterocycles. The van der Waals surface area contributed by atoms with Crippen LogP contribution in [-0.4, -0.2) is 52.3 Å². The van der Waals surface area contributed by atoms with E-state index in [4.69, 9.17) is 0 Å². The first-order chi connectivity index (χ1) is 7.93. The molecule has 12 nitrogen and oxygen atoms in total. The van der Waals surface area contributed by atoms with E-state index in [0.717, 1.165) is 0 Å². The second-order valence-corrected chi connectivity index (χ2v) is 2.74. The average molecular weight is 221 g/mol. The molecule has 1 aliphatic heterocycles. The van der Waals surface area contributed by atoms with E-state index in [1.54, 1.807) is 6.21 Å². The third-order valence-electron chi connectivity index (χ3n) is 1.77. The highest BCUT2D eigenvalue weighted by atomic mass is 15.7. The van der Waals surface area contributed by atoms with Gasteiger partial charge < -0.3 is 0 Å². The van der Waals surface area contributed by atoms with Gasteiger partial charge in [0.15, 0.2) is 6.04 Å². The van der Waals surface area contributed by atoms with Crippen molar-refractivity contribution in [2.75, 3.05) is 0 Å². The number of tetrazole rings is 2. The quantitative estimate of drug-likeness (QED) is 0.499. The van der Waals surface area contributed by atoms with Gasteiger partial charge in [0.1, 0.15) is 0 Å². The third kappa shape index (κ3) is 1.37. The summed E-state index contributed by atoms with van der Waals surface area (Å²) in [5.74, 6) is 0.676. The van der Waals surface area contributed by atoms with E-state index in [2.05, 4.69) is 57.0 Å². The van der Waals surface area contributed by atoms with Gasteiger partial charge in [0.25, 0.3) is 0 Å². The molecule has 3 N–H and O–H groups in total. The van der Waals surface area contributed by atoms with Gasteiger partial charge in [-0.25, -0.2) is 5.43 Å². The second kappa shape index (κ2) is 3.41. The zero-order valence-corrected chi connectivity index (χ0v) is 7.68. The first-order valence-electron chi connectivity index (χ1n) is 4.20. The van der Waals surface area contributed by atoms with Crippen molar-refractivity contribution in [3.05, 3.63) is 5.82 Å². The van der Waals surface area contributed by atoms with Crippen LogP contribution in [0, 0.1) is 0 Å². The van der Waals surface area contributed by atoms with Crippen LogP contribution in [-0.2, 0) is 0 Å². The molecule has 2 aromatic heterocycles. The molecule has 0 bridgehead atoms. The molecule has 0 aliphatic carbocycles. The third-order valence-corrected chi connectivity index (χ3v) is 1.77. The summed E-state index contributed by atoms with van der Waals surface area (Å²) in [6.07, 6.45) is 1.55. The standard InChI is InChI=1S/C4H4N12/c1-2(3-7-11-12-8-3)6-15-16(5-1)4-9-13-14-10-4/h1-2H,(H2,7,8,9,10,11,12,13,14)/p+1. The van der Waals surface area contributed by atoms with E-state index in [1.165, 1.54) is 4.81 Å². The van der Waals surface area contributed by atoms with E-state index in [-0.39, 0.29) is 12.0 Å². The highest BCUT2D eigenvalue weighted by Gasteiger charge is 2.23. The molecule has 16 heavy (non-hydrogen) atoms. The van der Waals surface area contributed by atoms with Crippen molar-refractivity contribution in [1.82, 2.24) is 46.7 Å². The van der Waals surface area contributed by atoms with Crippen LogP contribution < -0.4 is 5.43 Å². The molecular weight excluding hydrogens is 216 g/mol. The number of rotatable bonds is 2. The predicted molar refractivity (Wildman–Crippen MR) is 45.1 cm³/mol. The maximum atomic E-state index is 3.98. The van der Waals surface area contributed by atoms with Crippen molar-refractivity contribution >= 4 is 12.2 Å². The van der Waals surface area contributed by atoms with Crippen LogP contribution in [0.1, 0.15) is 11.9 Å². The molecule has 0 saturated heterocycles. The van der Waals surface area contributed by atoms with Crippen molar-refractivity contribution in [3.63, 3.8) is 0 Å². The zero-order chi connectivity index (χ0) is 10.8. The van der Waals surface area contributed by atoms with Crippen molar-refractivity contribution in [1.29, 1.82) is 0 Å². The monoisotopic (exact) mass is 221 g/mol. The smallest absolute Gasteiger partial charge is 0.218 e. The predicted octanol–water partition coefficient (Wildman–Crippen LogP) is -1.95. The number of hydrazone groups is 1. The Hall–Kier alpha value is -2.79. The minimum atomic E-state index is -0.332. The fourth-order valence-electron chi connectivity index (χ4n) is 1.07. The molecule has 0 radical (unpaired) electrons. The summed E-state index contributed by atoms with van der Waals surface area (Å²) in [5.41, 5.74) is 2.75. The molecule has 0 saturated carbocycles. The summed E-state index contributed by atoms with van der Waals surface area (Å²) >= 11 is 0. The van der Waals surface area contributed by atoms with Gasteiger partial charge in [-0.15, -0.1) is 20.5 Å². The SMILES string of the molecule is C1=N[N+](c2nn[nH]n2)=NNC1c1nn[nH]n1. The summed E-state index contributed by atoms with van der Waals surface area (Å²) < 4.78 is 0. The first-order valence-corrected chi connectivity index (χ1v) is 4.20. The van der Waals surface area contributed by atoms with Crippen LogP contribution in [0.5, 0.6) is 0 Å². The molecule has 0 fully saturated rings. The molecule has 80 valence electrons. The van der Waals surface area contributed by atoms with Crippen molar-refractivity contribution in [2.24, 2.45) is 10.3 Å². The van der Waals surface area contributed by atoms with Crippen molar-refractivity contribution in [3.8, 4) is 0 Å². The number of hydrogen-bond acceptors (Lipinski definition) is 9. The number of aromatic amines is 2. The van der Waals surface area contributed by atoms with Gasteiger partial charge in [0.05, 0.1) is 6.21 Å². The number of nitrogens with one attached hydrogen (secondary N) is 3. The van der Waals surface area contributed by atoms with Crippen LogP contribution in [0.25, 0.3) is 0 Å². The fourth-order valence-corrected chi connectivity index (χ4v) is 1.07. The van der Waals surface area contributed by atoms with Gasteiger partial charge in [-0.05, 0) is 4.81 Å². The molecular formula is C4H5N12+. The Morgan fingerprint density at radius 3 is 2.62 bits per heavy atom. The fraction of sp³-hybridized carbons (Fsp3) is 0.250. The molecule has 1 aliphatic rings. The van der Waals surface area contributed by atoms with Crippen LogP contribution in [0.3, 0.4) is 0 Å². The maximum Gasteiger partial charge on any atom is 0.471 e. The lowest BCUT2D eigenvalue weighted by Gasteiger charge is -2.06. The number of aromatic nitrogens is 8. The Bertz CT molecular complexity index is 505. The Morgan fingerprint density at radius 2 is 2.00 bits per heavy atom. The average Bonchev–Trinajstić information content (AvgIpc) is 3.03. The van der Waals surface area contributed by atoms with E-state index in [1.807, 2.05) is 0 Å². The molecule has 3 rings (SSSR count). The van der Waals surface area contributed by atoms with Crippen molar-refractivity contribution in [2.45, 2.75) is 6.04 Å². The molecule has 12 heteroatoms. The largest absolute Gasteiger partial charge is 0.471 e. The molecule has 0 amide bonds. The van der Waals surface area contributed by atoms with Crippen LogP contribution >= 0.6 is 0 Å². The van der Waals surface area contributed by atoms with Gasteiger partial charge in [0, 0.05) is 20.6 Å². The highest BCUT2D eigenvalue weighted by molar-refractivity contribution is 5.64. The summed E-state index contributed by atoms with van der Waals surface area (Å²) in [7, 11) is 0. The molecule has 0 spiro atoms. The van der Waals surface area contributed by atoms with Gasteiger partial charge in [-0.2, -0.15) is 5.21 Å². The molecule has 0 aromatic carbocycles. The minimum Gasteiger partial charge on any atom is -0.218 e. The van der Waals surface area contributed by atoms with E-state index in [0.29, 0.717) is 5.82 Å². The van der Waals surface area contributed by atoms with E-state index >= 15 is 0 Å². The van der Waals surface area contributed by atoms with Crippen LogP contribution in [0.15, 0.2) is 10.3 Å². The lowest BCUT2D eigenvalue weighted by Crippen LogP contribution is -2.24. The Labute approximate surface area is 86.8 Å². The second-order valence-electron chi connectivity index (χ2n) is 2.74. The highest BCUT2D eigenvalue weighted by Crippen LogP contribution is 2.09. The zero-order valence-electron chi connectivity index (χ0n) is 7.68. The topological polar surface area (TPSA) is 149 Å². The number of H-pyrrole nitrogens is 2. The summed E-state index contributed by atoms with van der Waals surface area (Å²) in [5, 5.41) is 34.3. The maximum absolute atomic E-state index is 3.98. The lowest BCUT2D eigenvalue weighted by atomic mass is 10.3. The summed E-state index contributed by atoms with van der Waals surface area (Å²) in [4.78, 5) is 1.18. The molecule has 1 unspecified atom stereocenters. The van der Waals surface area contributed by atoms with E-state index < -0.39 is 0 Å². The van der Waals surface area contributed by atoms with Crippen LogP contribution in [0.4, 0.5) is 5.95 Å². The van der Waals surface area contributed by atoms with E-state index in [9.17, 15) is 0 Å².